The molecule has 0 bridgehead atoms. The van der Waals surface area contributed by atoms with Gasteiger partial charge in [0.2, 0.25) is 0 Å². The summed E-state index contributed by atoms with van der Waals surface area (Å²) in [7, 11) is 0. The fraction of sp³-hybridized carbons (Fsp3) is 0.375. The topological polar surface area (TPSA) is 32.3 Å². The van der Waals surface area contributed by atoms with E-state index in [-0.39, 0.29) is 18.7 Å². The number of hydrogen-bond acceptors (Lipinski definition) is 3. The first-order valence-corrected chi connectivity index (χ1v) is 7.53. The maximum Gasteiger partial charge on any atom is 0.0588 e. The Kier molecular flexibility index (Phi) is 5.14. The first-order chi connectivity index (χ1) is 9.20. The second kappa shape index (κ2) is 6.85. The zero-order valence-corrected chi connectivity index (χ0v) is 12.3. The lowest BCUT2D eigenvalue weighted by Gasteiger charge is -2.21. The van der Waals surface area contributed by atoms with E-state index in [1.54, 1.807) is 11.3 Å². The van der Waals surface area contributed by atoms with Gasteiger partial charge in [-0.2, -0.15) is 0 Å². The van der Waals surface area contributed by atoms with Gasteiger partial charge in [-0.05, 0) is 42.8 Å². The SMILES string of the molecule is Cc1ccsc1C(C)N[C@@H](CO)Cc1ccccc1. The van der Waals surface area contributed by atoms with E-state index in [0.29, 0.717) is 0 Å². The van der Waals surface area contributed by atoms with Crippen molar-refractivity contribution in [2.75, 3.05) is 6.61 Å². The summed E-state index contributed by atoms with van der Waals surface area (Å²) >= 11 is 1.77. The van der Waals surface area contributed by atoms with Crippen LogP contribution in [0.1, 0.15) is 29.0 Å². The molecule has 2 N–H and O–H groups in total. The van der Waals surface area contributed by atoms with Crippen molar-refractivity contribution in [3.8, 4) is 0 Å². The molecule has 0 aliphatic carbocycles. The number of aryl methyl sites for hydroxylation is 1. The van der Waals surface area contributed by atoms with Crippen LogP contribution in [0, 0.1) is 6.92 Å². The van der Waals surface area contributed by atoms with Crippen molar-refractivity contribution in [1.29, 1.82) is 0 Å². The summed E-state index contributed by atoms with van der Waals surface area (Å²) < 4.78 is 0. The van der Waals surface area contributed by atoms with Crippen LogP contribution >= 0.6 is 11.3 Å². The van der Waals surface area contributed by atoms with Crippen LogP contribution in [0.4, 0.5) is 0 Å². The predicted octanol–water partition coefficient (Wildman–Crippen LogP) is 3.31. The first kappa shape index (κ1) is 14.3. The van der Waals surface area contributed by atoms with Crippen molar-refractivity contribution < 1.29 is 5.11 Å². The van der Waals surface area contributed by atoms with E-state index < -0.39 is 0 Å². The molecule has 0 saturated heterocycles. The lowest BCUT2D eigenvalue weighted by atomic mass is 10.1. The molecular formula is C16H21NOS. The van der Waals surface area contributed by atoms with Gasteiger partial charge < -0.3 is 10.4 Å². The monoisotopic (exact) mass is 275 g/mol. The Morgan fingerprint density at radius 3 is 2.53 bits per heavy atom. The van der Waals surface area contributed by atoms with Gasteiger partial charge in [0, 0.05) is 17.0 Å². The maximum atomic E-state index is 9.54. The average molecular weight is 275 g/mol. The number of benzene rings is 1. The van der Waals surface area contributed by atoms with E-state index in [1.165, 1.54) is 16.0 Å². The minimum Gasteiger partial charge on any atom is -0.395 e. The second-order valence-corrected chi connectivity index (χ2v) is 5.87. The Labute approximate surface area is 119 Å². The number of hydrogen-bond donors (Lipinski definition) is 2. The van der Waals surface area contributed by atoms with E-state index in [9.17, 15) is 5.11 Å². The van der Waals surface area contributed by atoms with E-state index >= 15 is 0 Å². The molecule has 1 unspecified atom stereocenters. The molecule has 2 atom stereocenters. The number of nitrogens with one attached hydrogen (secondary N) is 1. The lowest BCUT2D eigenvalue weighted by molar-refractivity contribution is 0.233. The van der Waals surface area contributed by atoms with Crippen LogP contribution in [0.3, 0.4) is 0 Å². The first-order valence-electron chi connectivity index (χ1n) is 6.65. The Balaban J connectivity index is 1.98. The highest BCUT2D eigenvalue weighted by Crippen LogP contribution is 2.24. The molecule has 0 saturated carbocycles. The molecule has 0 aliphatic rings. The molecule has 19 heavy (non-hydrogen) atoms. The summed E-state index contributed by atoms with van der Waals surface area (Å²) in [5.41, 5.74) is 2.57. The molecule has 0 aliphatic heterocycles. The van der Waals surface area contributed by atoms with Gasteiger partial charge in [0.15, 0.2) is 0 Å². The fourth-order valence-corrected chi connectivity index (χ4v) is 3.28. The Hall–Kier alpha value is -1.16. The molecule has 2 nitrogen and oxygen atoms in total. The molecule has 0 spiro atoms. The van der Waals surface area contributed by atoms with Crippen LogP contribution in [-0.4, -0.2) is 17.8 Å². The molecule has 2 aromatic rings. The molecule has 102 valence electrons. The van der Waals surface area contributed by atoms with Crippen LogP contribution in [0.5, 0.6) is 0 Å². The highest BCUT2D eigenvalue weighted by atomic mass is 32.1. The van der Waals surface area contributed by atoms with Crippen molar-refractivity contribution in [2.24, 2.45) is 0 Å². The molecule has 0 radical (unpaired) electrons. The van der Waals surface area contributed by atoms with Crippen LogP contribution in [0.15, 0.2) is 41.8 Å². The molecule has 0 amide bonds. The zero-order chi connectivity index (χ0) is 13.7. The second-order valence-electron chi connectivity index (χ2n) is 4.93. The van der Waals surface area contributed by atoms with Gasteiger partial charge >= 0.3 is 0 Å². The Bertz CT molecular complexity index is 494. The molecule has 1 aromatic heterocycles. The number of aliphatic hydroxyl groups is 1. The van der Waals surface area contributed by atoms with Gasteiger partial charge in [-0.1, -0.05) is 30.3 Å². The molecule has 1 aromatic carbocycles. The molecule has 3 heteroatoms. The summed E-state index contributed by atoms with van der Waals surface area (Å²) in [5, 5.41) is 15.2. The average Bonchev–Trinajstić information content (AvgIpc) is 2.85. The van der Waals surface area contributed by atoms with E-state index in [0.717, 1.165) is 6.42 Å². The quantitative estimate of drug-likeness (QED) is 0.847. The van der Waals surface area contributed by atoms with Crippen molar-refractivity contribution in [2.45, 2.75) is 32.4 Å². The van der Waals surface area contributed by atoms with Crippen molar-refractivity contribution in [3.05, 3.63) is 57.8 Å². The van der Waals surface area contributed by atoms with E-state index in [1.807, 2.05) is 18.2 Å². The number of thiophene rings is 1. The van der Waals surface area contributed by atoms with Crippen molar-refractivity contribution in [1.82, 2.24) is 5.32 Å². The van der Waals surface area contributed by atoms with Gasteiger partial charge in [-0.3, -0.25) is 0 Å². The lowest BCUT2D eigenvalue weighted by Crippen LogP contribution is -2.36. The maximum absolute atomic E-state index is 9.54. The molecule has 0 fully saturated rings. The van der Waals surface area contributed by atoms with Gasteiger partial charge in [0.25, 0.3) is 0 Å². The van der Waals surface area contributed by atoms with Crippen LogP contribution in [-0.2, 0) is 6.42 Å². The van der Waals surface area contributed by atoms with Gasteiger partial charge in [0.1, 0.15) is 0 Å². The molecular weight excluding hydrogens is 254 g/mol. The fourth-order valence-electron chi connectivity index (χ4n) is 2.33. The van der Waals surface area contributed by atoms with Crippen molar-refractivity contribution in [3.63, 3.8) is 0 Å². The smallest absolute Gasteiger partial charge is 0.0588 e. The summed E-state index contributed by atoms with van der Waals surface area (Å²) in [4.78, 5) is 1.35. The standard InChI is InChI=1S/C16H21NOS/c1-12-8-9-19-16(12)13(2)17-15(11-18)10-14-6-4-3-5-7-14/h3-9,13,15,17-18H,10-11H2,1-2H3/t13?,15-/m1/s1. The summed E-state index contributed by atoms with van der Waals surface area (Å²) in [6.07, 6.45) is 0.853. The third kappa shape index (κ3) is 3.90. The van der Waals surface area contributed by atoms with Crippen LogP contribution < -0.4 is 5.32 Å². The molecule has 2 rings (SSSR count). The minimum absolute atomic E-state index is 0.0962. The summed E-state index contributed by atoms with van der Waals surface area (Å²) in [6.45, 7) is 4.45. The van der Waals surface area contributed by atoms with E-state index in [4.69, 9.17) is 0 Å². The van der Waals surface area contributed by atoms with Gasteiger partial charge in [-0.15, -0.1) is 11.3 Å². The normalized spacial score (nSPS) is 14.3. The minimum atomic E-state index is 0.0962. The largest absolute Gasteiger partial charge is 0.395 e. The van der Waals surface area contributed by atoms with Gasteiger partial charge in [-0.25, -0.2) is 0 Å². The third-order valence-corrected chi connectivity index (χ3v) is 4.53. The van der Waals surface area contributed by atoms with Gasteiger partial charge in [0.05, 0.1) is 6.61 Å². The number of aliphatic hydroxyl groups excluding tert-OH is 1. The Morgan fingerprint density at radius 2 is 1.95 bits per heavy atom. The highest BCUT2D eigenvalue weighted by Gasteiger charge is 2.15. The zero-order valence-electron chi connectivity index (χ0n) is 11.5. The Morgan fingerprint density at radius 1 is 1.21 bits per heavy atom. The summed E-state index contributed by atoms with van der Waals surface area (Å²) in [5.74, 6) is 0. The van der Waals surface area contributed by atoms with E-state index in [2.05, 4.69) is 42.7 Å². The van der Waals surface area contributed by atoms with Crippen LogP contribution in [0.25, 0.3) is 0 Å². The van der Waals surface area contributed by atoms with Crippen molar-refractivity contribution >= 4 is 11.3 Å². The predicted molar refractivity (Wildman–Crippen MR) is 81.6 cm³/mol. The highest BCUT2D eigenvalue weighted by molar-refractivity contribution is 7.10. The summed E-state index contributed by atoms with van der Waals surface area (Å²) in [6, 6.07) is 12.8. The third-order valence-electron chi connectivity index (χ3n) is 3.33. The van der Waals surface area contributed by atoms with Crippen LogP contribution in [0.2, 0.25) is 0 Å². The molecule has 1 heterocycles. The number of rotatable bonds is 6.